The Morgan fingerprint density at radius 2 is 2.20 bits per heavy atom. The number of nitrogens with one attached hydrogen (secondary N) is 1. The van der Waals surface area contributed by atoms with Crippen molar-refractivity contribution in [2.24, 2.45) is 5.73 Å². The number of thiazole rings is 1. The van der Waals surface area contributed by atoms with Crippen LogP contribution in [0, 0.1) is 0 Å². The third-order valence-corrected chi connectivity index (χ3v) is 5.04. The van der Waals surface area contributed by atoms with Gasteiger partial charge in [0.15, 0.2) is 0 Å². The predicted octanol–water partition coefficient (Wildman–Crippen LogP) is 2.60. The van der Waals surface area contributed by atoms with Crippen LogP contribution >= 0.6 is 35.3 Å². The van der Waals surface area contributed by atoms with E-state index in [4.69, 9.17) is 17.3 Å². The van der Waals surface area contributed by atoms with Crippen molar-refractivity contribution in [2.75, 3.05) is 11.4 Å². The maximum atomic E-state index is 12.7. The summed E-state index contributed by atoms with van der Waals surface area (Å²) >= 11 is 7.52. The second-order valence-corrected chi connectivity index (χ2v) is 6.79. The molecule has 2 amide bonds. The summed E-state index contributed by atoms with van der Waals surface area (Å²) in [5, 5.41) is 5.63. The molecule has 0 saturated carbocycles. The monoisotopic (exact) mass is 400 g/mol. The van der Waals surface area contributed by atoms with E-state index >= 15 is 0 Å². The SMILES string of the molecule is Cl.NCc1nc(C(=O)NC2CCCN(c3ccccc3Cl)C2=O)cs1. The van der Waals surface area contributed by atoms with Gasteiger partial charge in [-0.05, 0) is 25.0 Å². The molecule has 1 fully saturated rings. The number of carbonyl (C=O) groups is 2. The molecule has 2 heterocycles. The third-order valence-electron chi connectivity index (χ3n) is 3.85. The van der Waals surface area contributed by atoms with Gasteiger partial charge in [-0.3, -0.25) is 9.59 Å². The van der Waals surface area contributed by atoms with E-state index in [0.717, 1.165) is 6.42 Å². The topological polar surface area (TPSA) is 88.3 Å². The Balaban J connectivity index is 0.00000225. The Labute approximate surface area is 160 Å². The van der Waals surface area contributed by atoms with E-state index in [1.165, 1.54) is 11.3 Å². The van der Waals surface area contributed by atoms with Crippen molar-refractivity contribution in [3.8, 4) is 0 Å². The van der Waals surface area contributed by atoms with Crippen molar-refractivity contribution < 1.29 is 9.59 Å². The minimum Gasteiger partial charge on any atom is -0.339 e. The predicted molar refractivity (Wildman–Crippen MR) is 102 cm³/mol. The second kappa shape index (κ2) is 8.62. The van der Waals surface area contributed by atoms with Gasteiger partial charge in [-0.25, -0.2) is 4.98 Å². The Morgan fingerprint density at radius 3 is 2.88 bits per heavy atom. The molecule has 1 aliphatic rings. The molecule has 0 radical (unpaired) electrons. The van der Waals surface area contributed by atoms with Gasteiger partial charge in [0.25, 0.3) is 5.91 Å². The van der Waals surface area contributed by atoms with Crippen LogP contribution in [0.5, 0.6) is 0 Å². The molecule has 134 valence electrons. The summed E-state index contributed by atoms with van der Waals surface area (Å²) in [4.78, 5) is 30.8. The number of benzene rings is 1. The van der Waals surface area contributed by atoms with Crippen LogP contribution in [0.2, 0.25) is 5.02 Å². The first-order chi connectivity index (χ1) is 11.6. The molecule has 9 heteroatoms. The fourth-order valence-corrected chi connectivity index (χ4v) is 3.55. The molecule has 1 aromatic carbocycles. The number of hydrogen-bond donors (Lipinski definition) is 2. The van der Waals surface area contributed by atoms with Crippen LogP contribution in [-0.2, 0) is 11.3 Å². The number of hydrogen-bond acceptors (Lipinski definition) is 5. The fourth-order valence-electron chi connectivity index (χ4n) is 2.66. The quantitative estimate of drug-likeness (QED) is 0.825. The summed E-state index contributed by atoms with van der Waals surface area (Å²) in [6.45, 7) is 0.879. The van der Waals surface area contributed by atoms with Crippen molar-refractivity contribution in [2.45, 2.75) is 25.4 Å². The molecule has 25 heavy (non-hydrogen) atoms. The maximum Gasteiger partial charge on any atom is 0.271 e. The smallest absolute Gasteiger partial charge is 0.271 e. The van der Waals surface area contributed by atoms with Crippen LogP contribution in [-0.4, -0.2) is 29.4 Å². The number of nitrogens with zero attached hydrogens (tertiary/aromatic N) is 2. The number of rotatable bonds is 4. The summed E-state index contributed by atoms with van der Waals surface area (Å²) in [6.07, 6.45) is 1.38. The van der Waals surface area contributed by atoms with Crippen molar-refractivity contribution in [1.82, 2.24) is 10.3 Å². The van der Waals surface area contributed by atoms with Gasteiger partial charge >= 0.3 is 0 Å². The van der Waals surface area contributed by atoms with Gasteiger partial charge in [-0.2, -0.15) is 0 Å². The Hall–Kier alpha value is -1.67. The zero-order valence-corrected chi connectivity index (χ0v) is 15.7. The van der Waals surface area contributed by atoms with Crippen molar-refractivity contribution in [3.63, 3.8) is 0 Å². The number of carbonyl (C=O) groups excluding carboxylic acids is 2. The largest absolute Gasteiger partial charge is 0.339 e. The lowest BCUT2D eigenvalue weighted by molar-refractivity contribution is -0.121. The average molecular weight is 401 g/mol. The van der Waals surface area contributed by atoms with Gasteiger partial charge in [0.2, 0.25) is 5.91 Å². The molecule has 3 rings (SSSR count). The summed E-state index contributed by atoms with van der Waals surface area (Å²) in [5.41, 5.74) is 6.47. The average Bonchev–Trinajstić information content (AvgIpc) is 3.07. The highest BCUT2D eigenvalue weighted by Gasteiger charge is 2.32. The molecule has 0 aliphatic carbocycles. The van der Waals surface area contributed by atoms with Gasteiger partial charge in [0.1, 0.15) is 16.7 Å². The van der Waals surface area contributed by atoms with E-state index in [1.807, 2.05) is 12.1 Å². The Kier molecular flexibility index (Phi) is 6.78. The Morgan fingerprint density at radius 1 is 1.44 bits per heavy atom. The Bertz CT molecular complexity index is 768. The summed E-state index contributed by atoms with van der Waals surface area (Å²) in [5.74, 6) is -0.512. The van der Waals surface area contributed by atoms with Gasteiger partial charge in [-0.15, -0.1) is 23.7 Å². The normalized spacial score (nSPS) is 17.1. The van der Waals surface area contributed by atoms with E-state index in [2.05, 4.69) is 10.3 Å². The highest BCUT2D eigenvalue weighted by molar-refractivity contribution is 7.09. The fraction of sp³-hybridized carbons (Fsp3) is 0.312. The van der Waals surface area contributed by atoms with Crippen LogP contribution in [0.1, 0.15) is 28.3 Å². The van der Waals surface area contributed by atoms with E-state index in [1.54, 1.807) is 22.4 Å². The first kappa shape index (κ1) is 19.7. The zero-order valence-electron chi connectivity index (χ0n) is 13.3. The van der Waals surface area contributed by atoms with E-state index < -0.39 is 6.04 Å². The molecule has 1 saturated heterocycles. The van der Waals surface area contributed by atoms with E-state index in [9.17, 15) is 9.59 Å². The molecule has 1 atom stereocenters. The molecule has 0 spiro atoms. The standard InChI is InChI=1S/C16H17ClN4O2S.ClH/c17-10-4-1-2-6-13(10)21-7-3-5-11(16(21)23)20-15(22)12-9-24-14(8-18)19-12;/h1-2,4,6,9,11H,3,5,7-8,18H2,(H,20,22);1H. The van der Waals surface area contributed by atoms with Crippen LogP contribution < -0.4 is 16.0 Å². The van der Waals surface area contributed by atoms with Crippen molar-refractivity contribution >= 4 is 52.8 Å². The first-order valence-electron chi connectivity index (χ1n) is 7.61. The number of anilines is 1. The molecular weight excluding hydrogens is 383 g/mol. The van der Waals surface area contributed by atoms with Gasteiger partial charge in [0, 0.05) is 18.5 Å². The van der Waals surface area contributed by atoms with Crippen LogP contribution in [0.25, 0.3) is 0 Å². The van der Waals surface area contributed by atoms with Gasteiger partial charge in [-0.1, -0.05) is 23.7 Å². The van der Waals surface area contributed by atoms with Crippen molar-refractivity contribution in [3.05, 3.63) is 45.4 Å². The van der Waals surface area contributed by atoms with Crippen LogP contribution in [0.15, 0.2) is 29.6 Å². The molecule has 1 aromatic heterocycles. The second-order valence-electron chi connectivity index (χ2n) is 5.44. The number of aromatic nitrogens is 1. The number of halogens is 2. The minimum atomic E-state index is -0.578. The van der Waals surface area contributed by atoms with Crippen LogP contribution in [0.4, 0.5) is 5.69 Å². The maximum absolute atomic E-state index is 12.7. The zero-order chi connectivity index (χ0) is 17.1. The molecular formula is C16H18Cl2N4O2S. The molecule has 6 nitrogen and oxygen atoms in total. The number of piperidine rings is 1. The first-order valence-corrected chi connectivity index (χ1v) is 8.87. The lowest BCUT2D eigenvalue weighted by Gasteiger charge is -2.33. The van der Waals surface area contributed by atoms with Gasteiger partial charge in [0.05, 0.1) is 10.7 Å². The summed E-state index contributed by atoms with van der Waals surface area (Å²) < 4.78 is 0. The molecule has 1 unspecified atom stereocenters. The van der Waals surface area contributed by atoms with E-state index in [-0.39, 0.29) is 24.2 Å². The van der Waals surface area contributed by atoms with E-state index in [0.29, 0.717) is 40.9 Å². The molecule has 2 aromatic rings. The number of nitrogens with two attached hydrogens (primary N) is 1. The van der Waals surface area contributed by atoms with Gasteiger partial charge < -0.3 is 16.0 Å². The highest BCUT2D eigenvalue weighted by Crippen LogP contribution is 2.28. The van der Waals surface area contributed by atoms with Crippen molar-refractivity contribution in [1.29, 1.82) is 0 Å². The van der Waals surface area contributed by atoms with Crippen LogP contribution in [0.3, 0.4) is 0 Å². The number of amides is 2. The molecule has 0 bridgehead atoms. The lowest BCUT2D eigenvalue weighted by atomic mass is 10.0. The molecule has 1 aliphatic heterocycles. The number of para-hydroxylation sites is 1. The third kappa shape index (κ3) is 4.30. The lowest BCUT2D eigenvalue weighted by Crippen LogP contribution is -2.52. The molecule has 3 N–H and O–H groups in total. The highest BCUT2D eigenvalue weighted by atomic mass is 35.5. The summed E-state index contributed by atoms with van der Waals surface area (Å²) in [6, 6.07) is 6.62. The summed E-state index contributed by atoms with van der Waals surface area (Å²) in [7, 11) is 0. The minimum absolute atomic E-state index is 0.